The molecule has 1 heterocycles. The highest BCUT2D eigenvalue weighted by Gasteiger charge is 2.32. The molecule has 0 bridgehead atoms. The summed E-state index contributed by atoms with van der Waals surface area (Å²) in [5.41, 5.74) is -0.0826. The molecule has 0 spiro atoms. The van der Waals surface area contributed by atoms with E-state index in [9.17, 15) is 14.9 Å². The third-order valence-electron chi connectivity index (χ3n) is 4.31. The molecule has 6 nitrogen and oxygen atoms in total. The van der Waals surface area contributed by atoms with Crippen LogP contribution in [0.5, 0.6) is 0 Å². The maximum absolute atomic E-state index is 12.3. The predicted octanol–water partition coefficient (Wildman–Crippen LogP) is 3.49. The second-order valence-electron chi connectivity index (χ2n) is 6.55. The number of aromatic nitrogens is 1. The largest absolute Gasteiger partial charge is 0.449 e. The number of benzene rings is 1. The summed E-state index contributed by atoms with van der Waals surface area (Å²) in [5, 5.41) is 13.0. The number of rotatable bonds is 5. The number of halogens is 1. The number of carbonyl (C=O) groups is 2. The van der Waals surface area contributed by atoms with E-state index in [4.69, 9.17) is 16.3 Å². The van der Waals surface area contributed by atoms with Crippen LogP contribution in [0.1, 0.15) is 38.1 Å². The van der Waals surface area contributed by atoms with Gasteiger partial charge in [-0.05, 0) is 50.1 Å². The van der Waals surface area contributed by atoms with E-state index in [2.05, 4.69) is 16.4 Å². The van der Waals surface area contributed by atoms with Crippen molar-refractivity contribution in [2.75, 3.05) is 0 Å². The fraction of sp³-hybridized carbons (Fsp3) is 0.368. The number of nitrogens with one attached hydrogen (secondary N) is 1. The fourth-order valence-electron chi connectivity index (χ4n) is 2.17. The first kappa shape index (κ1) is 19.7. The van der Waals surface area contributed by atoms with E-state index in [1.807, 2.05) is 13.8 Å². The van der Waals surface area contributed by atoms with Crippen molar-refractivity contribution in [3.8, 4) is 6.07 Å². The Kier molecular flexibility index (Phi) is 5.83. The Balaban J connectivity index is 2.10. The smallest absolute Gasteiger partial charge is 0.338 e. The minimum Gasteiger partial charge on any atom is -0.449 e. The van der Waals surface area contributed by atoms with Gasteiger partial charge in [0.25, 0.3) is 5.91 Å². The van der Waals surface area contributed by atoms with Crippen LogP contribution < -0.4 is 5.32 Å². The molecule has 1 aromatic heterocycles. The van der Waals surface area contributed by atoms with Gasteiger partial charge < -0.3 is 10.1 Å². The number of esters is 1. The van der Waals surface area contributed by atoms with Gasteiger partial charge in [-0.25, -0.2) is 9.78 Å². The quantitative estimate of drug-likeness (QED) is 0.639. The molecule has 0 fully saturated rings. The van der Waals surface area contributed by atoms with E-state index in [1.165, 1.54) is 6.92 Å². The molecule has 0 saturated carbocycles. The zero-order valence-corrected chi connectivity index (χ0v) is 15.8. The Labute approximate surface area is 157 Å². The van der Waals surface area contributed by atoms with Crippen LogP contribution in [0.15, 0.2) is 30.3 Å². The van der Waals surface area contributed by atoms with Crippen molar-refractivity contribution in [3.63, 3.8) is 0 Å². The summed E-state index contributed by atoms with van der Waals surface area (Å²) in [5.74, 6) is -1.25. The van der Waals surface area contributed by atoms with Gasteiger partial charge >= 0.3 is 5.97 Å². The molecule has 0 aliphatic rings. The second kappa shape index (κ2) is 7.71. The lowest BCUT2D eigenvalue weighted by Gasteiger charge is -2.28. The second-order valence-corrected chi connectivity index (χ2v) is 6.93. The number of hydrogen-bond donors (Lipinski definition) is 1. The predicted molar refractivity (Wildman–Crippen MR) is 98.6 cm³/mol. The van der Waals surface area contributed by atoms with E-state index in [-0.39, 0.29) is 5.92 Å². The van der Waals surface area contributed by atoms with E-state index in [0.29, 0.717) is 16.2 Å². The van der Waals surface area contributed by atoms with Crippen LogP contribution in [-0.2, 0) is 9.53 Å². The zero-order valence-electron chi connectivity index (χ0n) is 15.0. The molecular formula is C19H20ClN3O3. The molecule has 136 valence electrons. The maximum atomic E-state index is 12.3. The summed E-state index contributed by atoms with van der Waals surface area (Å²) in [7, 11) is 0. The third kappa shape index (κ3) is 4.30. The van der Waals surface area contributed by atoms with Gasteiger partial charge in [-0.3, -0.25) is 4.79 Å². The number of fused-ring (bicyclic) bond motifs is 1. The lowest BCUT2D eigenvalue weighted by atomic mass is 9.90. The van der Waals surface area contributed by atoms with Crippen LogP contribution in [0.3, 0.4) is 0 Å². The van der Waals surface area contributed by atoms with E-state index in [1.54, 1.807) is 37.3 Å². The topological polar surface area (TPSA) is 92.1 Å². The van der Waals surface area contributed by atoms with Crippen molar-refractivity contribution in [1.29, 1.82) is 5.26 Å². The van der Waals surface area contributed by atoms with Crippen molar-refractivity contribution in [3.05, 3.63) is 41.0 Å². The van der Waals surface area contributed by atoms with Gasteiger partial charge in [0, 0.05) is 5.39 Å². The molecule has 7 heteroatoms. The number of ether oxygens (including phenoxy) is 1. The van der Waals surface area contributed by atoms with Crippen LogP contribution in [0.25, 0.3) is 10.9 Å². The molecule has 1 amide bonds. The van der Waals surface area contributed by atoms with Gasteiger partial charge in [0.1, 0.15) is 10.7 Å². The highest BCUT2D eigenvalue weighted by Crippen LogP contribution is 2.19. The Hall–Kier alpha value is -2.65. The first-order valence-electron chi connectivity index (χ1n) is 8.17. The summed E-state index contributed by atoms with van der Waals surface area (Å²) in [4.78, 5) is 28.8. The molecule has 2 unspecified atom stereocenters. The normalized spacial score (nSPS) is 14.3. The third-order valence-corrected chi connectivity index (χ3v) is 4.52. The molecule has 26 heavy (non-hydrogen) atoms. The van der Waals surface area contributed by atoms with Gasteiger partial charge in [-0.1, -0.05) is 25.4 Å². The van der Waals surface area contributed by atoms with Gasteiger partial charge in [0.2, 0.25) is 0 Å². The van der Waals surface area contributed by atoms with Crippen molar-refractivity contribution in [2.45, 2.75) is 39.3 Å². The van der Waals surface area contributed by atoms with Crippen LogP contribution in [0, 0.1) is 17.2 Å². The molecule has 2 atom stereocenters. The molecular weight excluding hydrogens is 354 g/mol. The summed E-state index contributed by atoms with van der Waals surface area (Å²) < 4.78 is 5.23. The monoisotopic (exact) mass is 373 g/mol. The van der Waals surface area contributed by atoms with Gasteiger partial charge in [0.15, 0.2) is 6.10 Å². The summed E-state index contributed by atoms with van der Waals surface area (Å²) in [6, 6.07) is 10.3. The average Bonchev–Trinajstić information content (AvgIpc) is 2.60. The Morgan fingerprint density at radius 3 is 2.58 bits per heavy atom. The van der Waals surface area contributed by atoms with E-state index in [0.717, 1.165) is 5.39 Å². The van der Waals surface area contributed by atoms with E-state index >= 15 is 0 Å². The van der Waals surface area contributed by atoms with Crippen LogP contribution >= 0.6 is 11.6 Å². The van der Waals surface area contributed by atoms with Crippen molar-refractivity contribution >= 4 is 34.4 Å². The number of pyridine rings is 1. The highest BCUT2D eigenvalue weighted by atomic mass is 35.5. The van der Waals surface area contributed by atoms with Crippen LogP contribution in [0.2, 0.25) is 5.15 Å². The van der Waals surface area contributed by atoms with Crippen molar-refractivity contribution in [1.82, 2.24) is 10.3 Å². The van der Waals surface area contributed by atoms with Gasteiger partial charge in [-0.15, -0.1) is 0 Å². The first-order valence-corrected chi connectivity index (χ1v) is 8.54. The molecule has 1 N–H and O–H groups in total. The summed E-state index contributed by atoms with van der Waals surface area (Å²) >= 11 is 5.84. The lowest BCUT2D eigenvalue weighted by Crippen LogP contribution is -2.52. The first-order chi connectivity index (χ1) is 12.2. The number of hydrogen-bond acceptors (Lipinski definition) is 5. The van der Waals surface area contributed by atoms with Crippen LogP contribution in [0.4, 0.5) is 0 Å². The Bertz CT molecular complexity index is 891. The summed E-state index contributed by atoms with van der Waals surface area (Å²) in [6.07, 6.45) is -1.03. The maximum Gasteiger partial charge on any atom is 0.338 e. The van der Waals surface area contributed by atoms with E-state index < -0.39 is 23.5 Å². The van der Waals surface area contributed by atoms with Crippen LogP contribution in [-0.4, -0.2) is 28.5 Å². The molecule has 0 radical (unpaired) electrons. The minimum absolute atomic E-state index is 0.0980. The molecule has 1 aromatic carbocycles. The zero-order chi connectivity index (χ0) is 19.5. The molecule has 0 aliphatic carbocycles. The van der Waals surface area contributed by atoms with Crippen molar-refractivity contribution in [2.24, 2.45) is 5.92 Å². The number of nitriles is 1. The van der Waals surface area contributed by atoms with Gasteiger partial charge in [0.05, 0.1) is 17.1 Å². The standard InChI is InChI=1S/C19H20ClN3O3/c1-11(2)19(4,10-21)23-17(24)12(3)26-18(25)14-5-7-15-13(9-14)6-8-16(20)22-15/h5-9,11-12H,1-4H3,(H,23,24). The molecule has 2 rings (SSSR count). The SMILES string of the molecule is CC(OC(=O)c1ccc2nc(Cl)ccc2c1)C(=O)NC(C)(C#N)C(C)C. The fourth-order valence-corrected chi connectivity index (χ4v) is 2.32. The molecule has 0 aliphatic heterocycles. The minimum atomic E-state index is -1.04. The number of nitrogens with zero attached hydrogens (tertiary/aromatic N) is 2. The van der Waals surface area contributed by atoms with Crippen molar-refractivity contribution < 1.29 is 14.3 Å². The molecule has 0 saturated heterocycles. The van der Waals surface area contributed by atoms with Gasteiger partial charge in [-0.2, -0.15) is 5.26 Å². The number of amides is 1. The Morgan fingerprint density at radius 1 is 1.27 bits per heavy atom. The Morgan fingerprint density at radius 2 is 1.96 bits per heavy atom. The lowest BCUT2D eigenvalue weighted by molar-refractivity contribution is -0.130. The highest BCUT2D eigenvalue weighted by molar-refractivity contribution is 6.29. The summed E-state index contributed by atoms with van der Waals surface area (Å²) in [6.45, 7) is 6.75. The average molecular weight is 374 g/mol. The number of carbonyl (C=O) groups excluding carboxylic acids is 2. The molecule has 2 aromatic rings.